The van der Waals surface area contributed by atoms with E-state index in [1.54, 1.807) is 12.0 Å². The molecule has 0 radical (unpaired) electrons. The minimum atomic E-state index is -0.362. The third-order valence-electron chi connectivity index (χ3n) is 6.87. The van der Waals surface area contributed by atoms with Gasteiger partial charge < -0.3 is 15.4 Å². The second-order valence-corrected chi connectivity index (χ2v) is 9.15. The summed E-state index contributed by atoms with van der Waals surface area (Å²) in [7, 11) is 6.00. The number of nitrogens with two attached hydrogens (primary N) is 1. The number of benzene rings is 2. The standard InChI is InChI=1S/C25H35N3O2/c1-24(19-28(23(26)29)18-20-10-12-22(30-4)13-11-20)14-16-25(17-15-24,27(2)3)21-8-6-5-7-9-21/h5-13H,14-19H2,1-4H3,(H2,26,29). The molecule has 162 valence electrons. The lowest BCUT2D eigenvalue weighted by atomic mass is 9.65. The quantitative estimate of drug-likeness (QED) is 0.726. The maximum Gasteiger partial charge on any atom is 0.315 e. The van der Waals surface area contributed by atoms with Crippen molar-refractivity contribution in [3.63, 3.8) is 0 Å². The molecule has 0 aromatic heterocycles. The van der Waals surface area contributed by atoms with Gasteiger partial charge in [-0.15, -0.1) is 0 Å². The largest absolute Gasteiger partial charge is 0.497 e. The van der Waals surface area contributed by atoms with Crippen molar-refractivity contribution in [2.75, 3.05) is 27.7 Å². The lowest BCUT2D eigenvalue weighted by Gasteiger charge is -2.50. The summed E-state index contributed by atoms with van der Waals surface area (Å²) >= 11 is 0. The maximum absolute atomic E-state index is 12.2. The Hall–Kier alpha value is -2.53. The van der Waals surface area contributed by atoms with Crippen molar-refractivity contribution >= 4 is 6.03 Å². The molecule has 0 aliphatic heterocycles. The summed E-state index contributed by atoms with van der Waals surface area (Å²) in [6.45, 7) is 3.49. The fourth-order valence-corrected chi connectivity index (χ4v) is 4.79. The summed E-state index contributed by atoms with van der Waals surface area (Å²) in [5, 5.41) is 0. The average Bonchev–Trinajstić information content (AvgIpc) is 2.75. The first-order valence-electron chi connectivity index (χ1n) is 10.7. The van der Waals surface area contributed by atoms with E-state index in [9.17, 15) is 4.79 Å². The third kappa shape index (κ3) is 4.78. The number of rotatable bonds is 7. The molecule has 2 amide bonds. The Labute approximate surface area is 180 Å². The number of urea groups is 1. The molecule has 0 atom stereocenters. The van der Waals surface area contributed by atoms with Gasteiger partial charge in [-0.3, -0.25) is 4.90 Å². The minimum Gasteiger partial charge on any atom is -0.497 e. The van der Waals surface area contributed by atoms with E-state index in [2.05, 4.69) is 56.3 Å². The minimum absolute atomic E-state index is 0.0499. The summed E-state index contributed by atoms with van der Waals surface area (Å²) in [6.07, 6.45) is 4.23. The first-order valence-corrected chi connectivity index (χ1v) is 10.7. The molecule has 2 N–H and O–H groups in total. The summed E-state index contributed by atoms with van der Waals surface area (Å²) in [6, 6.07) is 18.3. The normalized spacial score (nSPS) is 23.9. The first kappa shape index (κ1) is 22.2. The number of hydrogen-bond acceptors (Lipinski definition) is 3. The number of methoxy groups -OCH3 is 1. The van der Waals surface area contributed by atoms with Crippen LogP contribution in [0.5, 0.6) is 5.75 Å². The molecule has 0 spiro atoms. The summed E-state index contributed by atoms with van der Waals surface area (Å²) in [5.41, 5.74) is 8.30. The second-order valence-electron chi connectivity index (χ2n) is 9.15. The van der Waals surface area contributed by atoms with Gasteiger partial charge in [0.15, 0.2) is 0 Å². The van der Waals surface area contributed by atoms with E-state index >= 15 is 0 Å². The van der Waals surface area contributed by atoms with Crippen molar-refractivity contribution in [3.8, 4) is 5.75 Å². The van der Waals surface area contributed by atoms with Crippen LogP contribution in [0.3, 0.4) is 0 Å². The van der Waals surface area contributed by atoms with Crippen LogP contribution in [-0.4, -0.2) is 43.6 Å². The second kappa shape index (κ2) is 9.09. The van der Waals surface area contributed by atoms with E-state index < -0.39 is 0 Å². The highest BCUT2D eigenvalue weighted by molar-refractivity contribution is 5.72. The number of carbonyl (C=O) groups is 1. The van der Waals surface area contributed by atoms with Crippen molar-refractivity contribution < 1.29 is 9.53 Å². The summed E-state index contributed by atoms with van der Waals surface area (Å²) in [4.78, 5) is 16.4. The van der Waals surface area contributed by atoms with Gasteiger partial charge in [0.1, 0.15) is 5.75 Å². The molecule has 5 heteroatoms. The Bertz CT molecular complexity index is 825. The molecule has 1 saturated carbocycles. The maximum atomic E-state index is 12.2. The van der Waals surface area contributed by atoms with Crippen LogP contribution < -0.4 is 10.5 Å². The van der Waals surface area contributed by atoms with E-state index in [0.29, 0.717) is 13.1 Å². The molecule has 1 fully saturated rings. The van der Waals surface area contributed by atoms with Gasteiger partial charge in [-0.05, 0) is 68.5 Å². The van der Waals surface area contributed by atoms with E-state index in [4.69, 9.17) is 10.5 Å². The molecular weight excluding hydrogens is 374 g/mol. The molecule has 0 unspecified atom stereocenters. The van der Waals surface area contributed by atoms with Crippen LogP contribution in [0, 0.1) is 5.41 Å². The van der Waals surface area contributed by atoms with Gasteiger partial charge in [-0.1, -0.05) is 49.4 Å². The van der Waals surface area contributed by atoms with Crippen molar-refractivity contribution in [2.24, 2.45) is 11.1 Å². The average molecular weight is 410 g/mol. The molecule has 30 heavy (non-hydrogen) atoms. The predicted molar refractivity (Wildman–Crippen MR) is 121 cm³/mol. The molecular formula is C25H35N3O2. The summed E-state index contributed by atoms with van der Waals surface area (Å²) in [5.74, 6) is 0.810. The highest BCUT2D eigenvalue weighted by Gasteiger charge is 2.43. The number of primary amides is 1. The topological polar surface area (TPSA) is 58.8 Å². The van der Waals surface area contributed by atoms with Crippen LogP contribution in [0.4, 0.5) is 4.79 Å². The van der Waals surface area contributed by atoms with E-state index in [-0.39, 0.29) is 17.0 Å². The molecule has 3 rings (SSSR count). The highest BCUT2D eigenvalue weighted by atomic mass is 16.5. The van der Waals surface area contributed by atoms with E-state index in [1.807, 2.05) is 24.3 Å². The summed E-state index contributed by atoms with van der Waals surface area (Å²) < 4.78 is 5.23. The number of hydrogen-bond donors (Lipinski definition) is 1. The van der Waals surface area contributed by atoms with Gasteiger partial charge in [-0.2, -0.15) is 0 Å². The molecule has 1 aliphatic carbocycles. The number of carbonyl (C=O) groups excluding carboxylic acids is 1. The van der Waals surface area contributed by atoms with Crippen LogP contribution in [0.15, 0.2) is 54.6 Å². The van der Waals surface area contributed by atoms with Gasteiger partial charge in [0.25, 0.3) is 0 Å². The van der Waals surface area contributed by atoms with Crippen LogP contribution >= 0.6 is 0 Å². The zero-order chi connectivity index (χ0) is 21.8. The Balaban J connectivity index is 1.71. The monoisotopic (exact) mass is 409 g/mol. The fourth-order valence-electron chi connectivity index (χ4n) is 4.79. The molecule has 0 saturated heterocycles. The van der Waals surface area contributed by atoms with E-state index in [0.717, 1.165) is 37.0 Å². The van der Waals surface area contributed by atoms with Gasteiger partial charge in [0.2, 0.25) is 0 Å². The Kier molecular flexibility index (Phi) is 6.71. The van der Waals surface area contributed by atoms with Gasteiger partial charge in [0, 0.05) is 18.6 Å². The zero-order valence-electron chi connectivity index (χ0n) is 18.7. The Morgan fingerprint density at radius 1 is 1.00 bits per heavy atom. The number of ether oxygens (including phenoxy) is 1. The highest BCUT2D eigenvalue weighted by Crippen LogP contribution is 2.48. The van der Waals surface area contributed by atoms with Gasteiger partial charge in [0.05, 0.1) is 7.11 Å². The van der Waals surface area contributed by atoms with E-state index in [1.165, 1.54) is 5.56 Å². The van der Waals surface area contributed by atoms with Crippen molar-refractivity contribution in [1.29, 1.82) is 0 Å². The van der Waals surface area contributed by atoms with Gasteiger partial charge >= 0.3 is 6.03 Å². The van der Waals surface area contributed by atoms with Crippen molar-refractivity contribution in [3.05, 3.63) is 65.7 Å². The van der Waals surface area contributed by atoms with Crippen molar-refractivity contribution in [1.82, 2.24) is 9.80 Å². The smallest absolute Gasteiger partial charge is 0.315 e. The van der Waals surface area contributed by atoms with Crippen LogP contribution in [0.2, 0.25) is 0 Å². The lowest BCUT2D eigenvalue weighted by molar-refractivity contribution is 0.0289. The number of amides is 2. The molecule has 5 nitrogen and oxygen atoms in total. The third-order valence-corrected chi connectivity index (χ3v) is 6.87. The predicted octanol–water partition coefficient (Wildman–Crippen LogP) is 4.61. The zero-order valence-corrected chi connectivity index (χ0v) is 18.7. The molecule has 2 aromatic carbocycles. The molecule has 0 bridgehead atoms. The SMILES string of the molecule is COc1ccc(CN(CC2(C)CCC(c3ccccc3)(N(C)C)CC2)C(N)=O)cc1. The fraction of sp³-hybridized carbons (Fsp3) is 0.480. The Morgan fingerprint density at radius 3 is 2.10 bits per heavy atom. The van der Waals surface area contributed by atoms with Crippen LogP contribution in [-0.2, 0) is 12.1 Å². The lowest BCUT2D eigenvalue weighted by Crippen LogP contribution is -2.50. The molecule has 2 aromatic rings. The van der Waals surface area contributed by atoms with Crippen LogP contribution in [0.1, 0.15) is 43.7 Å². The Morgan fingerprint density at radius 2 is 1.60 bits per heavy atom. The van der Waals surface area contributed by atoms with Gasteiger partial charge in [-0.25, -0.2) is 4.79 Å². The number of nitrogens with zero attached hydrogens (tertiary/aromatic N) is 2. The molecule has 1 aliphatic rings. The van der Waals surface area contributed by atoms with Crippen LogP contribution in [0.25, 0.3) is 0 Å². The van der Waals surface area contributed by atoms with Crippen molar-refractivity contribution in [2.45, 2.75) is 44.7 Å². The first-order chi connectivity index (χ1) is 14.3. The molecule has 0 heterocycles.